The van der Waals surface area contributed by atoms with Gasteiger partial charge in [0.15, 0.2) is 5.13 Å². The summed E-state index contributed by atoms with van der Waals surface area (Å²) in [6.45, 7) is 2.24. The van der Waals surface area contributed by atoms with E-state index in [1.165, 1.54) is 11.3 Å². The molecule has 200 valence electrons. The maximum atomic E-state index is 13.9. The van der Waals surface area contributed by atoms with Crippen molar-refractivity contribution in [2.75, 3.05) is 24.6 Å². The molecular formula is C26H35ClN6O3S. The number of likely N-dealkylation sites (N-methyl/N-ethyl adjacent to an activating group) is 1. The standard InChI is InChI=1S/C26H35ClN6O3S/c1-15(29-2)22(34)30-21(16-8-4-3-5-9-16)25(36)33-13-7-12-19(33)23(35)32-24-20(31-26(28)37-24)17-10-6-11-18(27)14-17/h6,10-11,14-16,19,21,29H,3-5,7-9,12-13H2,1-2H3,(H2,28,31)(H,30,34)(H,32,35)/t15-,19-,21-/m0/s1. The van der Waals surface area contributed by atoms with Crippen molar-refractivity contribution in [3.8, 4) is 11.3 Å². The summed E-state index contributed by atoms with van der Waals surface area (Å²) >= 11 is 7.33. The highest BCUT2D eigenvalue weighted by atomic mass is 35.5. The molecule has 9 nitrogen and oxygen atoms in total. The second-order valence-corrected chi connectivity index (χ2v) is 11.3. The second-order valence-electron chi connectivity index (χ2n) is 9.81. The Morgan fingerprint density at radius 1 is 1.16 bits per heavy atom. The molecule has 2 fully saturated rings. The van der Waals surface area contributed by atoms with E-state index in [2.05, 4.69) is 20.9 Å². The third-order valence-electron chi connectivity index (χ3n) is 7.33. The third kappa shape index (κ3) is 6.42. The van der Waals surface area contributed by atoms with E-state index < -0.39 is 18.1 Å². The predicted octanol–water partition coefficient (Wildman–Crippen LogP) is 3.65. The Morgan fingerprint density at radius 3 is 2.62 bits per heavy atom. The summed E-state index contributed by atoms with van der Waals surface area (Å²) in [6.07, 6.45) is 6.26. The molecule has 0 radical (unpaired) electrons. The number of nitrogens with one attached hydrogen (secondary N) is 3. The zero-order valence-electron chi connectivity index (χ0n) is 21.3. The number of benzene rings is 1. The van der Waals surface area contributed by atoms with Crippen molar-refractivity contribution in [1.82, 2.24) is 20.5 Å². The molecule has 1 aliphatic heterocycles. The number of nitrogens with zero attached hydrogens (tertiary/aromatic N) is 2. The van der Waals surface area contributed by atoms with Gasteiger partial charge in [0.2, 0.25) is 17.7 Å². The molecule has 4 rings (SSSR count). The van der Waals surface area contributed by atoms with E-state index in [-0.39, 0.29) is 23.6 Å². The molecule has 1 saturated carbocycles. The van der Waals surface area contributed by atoms with Crippen LogP contribution in [0.5, 0.6) is 0 Å². The Morgan fingerprint density at radius 2 is 1.92 bits per heavy atom. The number of nitrogen functional groups attached to an aromatic ring is 1. The van der Waals surface area contributed by atoms with Crippen LogP contribution in [0.4, 0.5) is 10.1 Å². The number of thiazole rings is 1. The largest absolute Gasteiger partial charge is 0.375 e. The smallest absolute Gasteiger partial charge is 0.247 e. The lowest BCUT2D eigenvalue weighted by Crippen LogP contribution is -2.57. The first-order valence-corrected chi connectivity index (χ1v) is 14.1. The molecule has 3 atom stereocenters. The fourth-order valence-corrected chi connectivity index (χ4v) is 6.14. The number of hydrogen-bond donors (Lipinski definition) is 4. The maximum absolute atomic E-state index is 13.9. The summed E-state index contributed by atoms with van der Waals surface area (Å²) in [7, 11) is 1.71. The molecule has 0 bridgehead atoms. The fourth-order valence-electron chi connectivity index (χ4n) is 5.19. The molecule has 0 unspecified atom stereocenters. The number of likely N-dealkylation sites (tertiary alicyclic amines) is 1. The van der Waals surface area contributed by atoms with E-state index in [0.29, 0.717) is 40.2 Å². The van der Waals surface area contributed by atoms with Crippen LogP contribution in [0, 0.1) is 5.92 Å². The highest BCUT2D eigenvalue weighted by Gasteiger charge is 2.41. The molecule has 2 aliphatic rings. The van der Waals surface area contributed by atoms with Gasteiger partial charge in [-0.3, -0.25) is 14.4 Å². The highest BCUT2D eigenvalue weighted by Crippen LogP contribution is 2.36. The minimum absolute atomic E-state index is 0.0642. The van der Waals surface area contributed by atoms with Crippen molar-refractivity contribution in [1.29, 1.82) is 0 Å². The molecule has 5 N–H and O–H groups in total. The maximum Gasteiger partial charge on any atom is 0.247 e. The lowest BCUT2D eigenvalue weighted by Gasteiger charge is -2.35. The van der Waals surface area contributed by atoms with Gasteiger partial charge in [-0.1, -0.05) is 54.3 Å². The van der Waals surface area contributed by atoms with Crippen LogP contribution in [0.3, 0.4) is 0 Å². The first-order valence-electron chi connectivity index (χ1n) is 12.9. The lowest BCUT2D eigenvalue weighted by molar-refractivity contribution is -0.142. The molecule has 1 aliphatic carbocycles. The van der Waals surface area contributed by atoms with Gasteiger partial charge in [-0.15, -0.1) is 0 Å². The van der Waals surface area contributed by atoms with Crippen LogP contribution < -0.4 is 21.7 Å². The molecule has 11 heteroatoms. The Balaban J connectivity index is 1.53. The first kappa shape index (κ1) is 27.3. The Kier molecular flexibility index (Phi) is 9.04. The van der Waals surface area contributed by atoms with Crippen molar-refractivity contribution >= 4 is 50.8 Å². The van der Waals surface area contributed by atoms with Crippen LogP contribution in [0.1, 0.15) is 51.9 Å². The first-order chi connectivity index (χ1) is 17.8. The Hall–Kier alpha value is -2.69. The molecule has 1 saturated heterocycles. The Labute approximate surface area is 226 Å². The summed E-state index contributed by atoms with van der Waals surface area (Å²) in [5.41, 5.74) is 7.27. The van der Waals surface area contributed by atoms with E-state index in [9.17, 15) is 14.4 Å². The average Bonchev–Trinajstić information content (AvgIpc) is 3.53. The van der Waals surface area contributed by atoms with Crippen molar-refractivity contribution in [3.63, 3.8) is 0 Å². The van der Waals surface area contributed by atoms with Crippen molar-refractivity contribution < 1.29 is 14.4 Å². The summed E-state index contributed by atoms with van der Waals surface area (Å²) < 4.78 is 0. The van der Waals surface area contributed by atoms with Gasteiger partial charge in [-0.2, -0.15) is 0 Å². The fraction of sp³-hybridized carbons (Fsp3) is 0.538. The van der Waals surface area contributed by atoms with Crippen molar-refractivity contribution in [2.24, 2.45) is 5.92 Å². The number of aromatic nitrogens is 1. The van der Waals surface area contributed by atoms with E-state index in [4.69, 9.17) is 17.3 Å². The van der Waals surface area contributed by atoms with Gasteiger partial charge < -0.3 is 26.6 Å². The monoisotopic (exact) mass is 546 g/mol. The number of amides is 3. The average molecular weight is 547 g/mol. The van der Waals surface area contributed by atoms with Gasteiger partial charge in [0.25, 0.3) is 0 Å². The molecule has 2 heterocycles. The summed E-state index contributed by atoms with van der Waals surface area (Å²) in [5.74, 6) is -0.609. The summed E-state index contributed by atoms with van der Waals surface area (Å²) in [6, 6.07) is 5.50. The van der Waals surface area contributed by atoms with Gasteiger partial charge in [0.1, 0.15) is 22.8 Å². The number of rotatable bonds is 8. The van der Waals surface area contributed by atoms with Crippen LogP contribution in [0.2, 0.25) is 5.02 Å². The number of carbonyl (C=O) groups excluding carboxylic acids is 3. The van der Waals surface area contributed by atoms with Gasteiger partial charge >= 0.3 is 0 Å². The van der Waals surface area contributed by atoms with Crippen LogP contribution in [-0.4, -0.2) is 59.3 Å². The molecule has 2 aromatic rings. The zero-order chi connectivity index (χ0) is 26.5. The van der Waals surface area contributed by atoms with Gasteiger partial charge in [-0.05, 0) is 57.7 Å². The van der Waals surface area contributed by atoms with Crippen molar-refractivity contribution in [2.45, 2.75) is 70.0 Å². The number of halogens is 1. The van der Waals surface area contributed by atoms with Gasteiger partial charge in [0, 0.05) is 17.1 Å². The summed E-state index contributed by atoms with van der Waals surface area (Å²) in [4.78, 5) is 46.1. The molecule has 1 aromatic heterocycles. The number of carbonyl (C=O) groups is 3. The summed E-state index contributed by atoms with van der Waals surface area (Å²) in [5, 5.41) is 10.3. The van der Waals surface area contributed by atoms with E-state index >= 15 is 0 Å². The van der Waals surface area contributed by atoms with Crippen LogP contribution in [0.15, 0.2) is 24.3 Å². The van der Waals surface area contributed by atoms with Crippen LogP contribution in [-0.2, 0) is 14.4 Å². The normalized spacial score (nSPS) is 19.9. The molecule has 0 spiro atoms. The zero-order valence-corrected chi connectivity index (χ0v) is 22.8. The third-order valence-corrected chi connectivity index (χ3v) is 8.36. The molecular weight excluding hydrogens is 512 g/mol. The topological polar surface area (TPSA) is 129 Å². The highest BCUT2D eigenvalue weighted by molar-refractivity contribution is 7.20. The number of hydrogen-bond acceptors (Lipinski definition) is 7. The number of anilines is 2. The Bertz CT molecular complexity index is 1140. The minimum atomic E-state index is -0.641. The predicted molar refractivity (Wildman–Crippen MR) is 147 cm³/mol. The second kappa shape index (κ2) is 12.2. The van der Waals surface area contributed by atoms with E-state index in [0.717, 1.165) is 37.7 Å². The van der Waals surface area contributed by atoms with Crippen LogP contribution >= 0.6 is 22.9 Å². The quantitative estimate of drug-likeness (QED) is 0.400. The minimum Gasteiger partial charge on any atom is -0.375 e. The molecule has 1 aromatic carbocycles. The van der Waals surface area contributed by atoms with E-state index in [1.54, 1.807) is 31.0 Å². The molecule has 37 heavy (non-hydrogen) atoms. The van der Waals surface area contributed by atoms with Crippen molar-refractivity contribution in [3.05, 3.63) is 29.3 Å². The van der Waals surface area contributed by atoms with Gasteiger partial charge in [0.05, 0.1) is 6.04 Å². The van der Waals surface area contributed by atoms with Crippen LogP contribution in [0.25, 0.3) is 11.3 Å². The SMILES string of the molecule is CN[C@@H](C)C(=O)N[C@H](C(=O)N1CCC[C@H]1C(=O)Nc1sc(N)nc1-c1cccc(Cl)c1)C1CCCCC1. The van der Waals surface area contributed by atoms with E-state index in [1.807, 2.05) is 12.1 Å². The lowest BCUT2D eigenvalue weighted by atomic mass is 9.83. The molecule has 3 amide bonds. The van der Waals surface area contributed by atoms with Gasteiger partial charge in [-0.25, -0.2) is 4.98 Å². The number of nitrogens with two attached hydrogens (primary N) is 1.